The van der Waals surface area contributed by atoms with Crippen LogP contribution in [0.3, 0.4) is 0 Å². The van der Waals surface area contributed by atoms with E-state index in [9.17, 15) is 10.2 Å². The highest BCUT2D eigenvalue weighted by Crippen LogP contribution is 2.38. The van der Waals surface area contributed by atoms with E-state index in [1.54, 1.807) is 13.0 Å². The summed E-state index contributed by atoms with van der Waals surface area (Å²) in [6.45, 7) is 2.98. The molecule has 1 aromatic heterocycles. The van der Waals surface area contributed by atoms with Crippen LogP contribution in [0.1, 0.15) is 28.8 Å². The fourth-order valence-electron chi connectivity index (χ4n) is 2.54. The van der Waals surface area contributed by atoms with Gasteiger partial charge in [0.1, 0.15) is 5.75 Å². The average molecular weight is 363 g/mol. The van der Waals surface area contributed by atoms with Gasteiger partial charge < -0.3 is 19.7 Å². The Hall–Kier alpha value is -2.31. The quantitative estimate of drug-likeness (QED) is 0.817. The Morgan fingerprint density at radius 2 is 2.12 bits per heavy atom. The largest absolute Gasteiger partial charge is 0.505 e. The van der Waals surface area contributed by atoms with Crippen molar-refractivity contribution in [2.24, 2.45) is 4.99 Å². The Labute approximate surface area is 150 Å². The molecule has 3 rings (SSSR count). The molecule has 6 nitrogen and oxygen atoms in total. The normalized spacial score (nSPS) is 13.9. The minimum absolute atomic E-state index is 0.0204. The van der Waals surface area contributed by atoms with Crippen LogP contribution >= 0.6 is 11.6 Å². The van der Waals surface area contributed by atoms with Gasteiger partial charge in [-0.15, -0.1) is 0 Å². The first kappa shape index (κ1) is 17.5. The number of fused-ring (bicyclic) bond motifs is 1. The molecule has 1 aliphatic rings. The molecule has 1 aliphatic heterocycles. The van der Waals surface area contributed by atoms with Crippen molar-refractivity contribution < 1.29 is 19.7 Å². The van der Waals surface area contributed by atoms with Crippen molar-refractivity contribution in [2.75, 3.05) is 13.2 Å². The number of aliphatic hydroxyl groups excluding tert-OH is 1. The minimum Gasteiger partial charge on any atom is -0.505 e. The number of aliphatic hydroxyl groups is 1. The molecule has 0 unspecified atom stereocenters. The third-order valence-electron chi connectivity index (χ3n) is 3.88. The molecule has 0 saturated heterocycles. The topological polar surface area (TPSA) is 84.2 Å². The Bertz CT molecular complexity index is 808. The van der Waals surface area contributed by atoms with Crippen LogP contribution in [0.2, 0.25) is 5.02 Å². The first-order chi connectivity index (χ1) is 12.1. The van der Waals surface area contributed by atoms with Gasteiger partial charge in [-0.2, -0.15) is 0 Å². The second kappa shape index (κ2) is 7.72. The van der Waals surface area contributed by atoms with Crippen molar-refractivity contribution in [1.29, 1.82) is 0 Å². The first-order valence-corrected chi connectivity index (χ1v) is 8.34. The van der Waals surface area contributed by atoms with Gasteiger partial charge in [0, 0.05) is 30.0 Å². The van der Waals surface area contributed by atoms with E-state index in [0.717, 1.165) is 12.0 Å². The third-order valence-corrected chi connectivity index (χ3v) is 4.17. The van der Waals surface area contributed by atoms with Crippen molar-refractivity contribution in [3.63, 3.8) is 0 Å². The van der Waals surface area contributed by atoms with Crippen LogP contribution in [0.15, 0.2) is 23.3 Å². The lowest BCUT2D eigenvalue weighted by Crippen LogP contribution is -1.98. The number of rotatable bonds is 4. The van der Waals surface area contributed by atoms with Gasteiger partial charge in [0.05, 0.1) is 37.1 Å². The molecule has 0 amide bonds. The number of pyridine rings is 1. The second-order valence-electron chi connectivity index (χ2n) is 5.71. The summed E-state index contributed by atoms with van der Waals surface area (Å²) < 4.78 is 11.3. The van der Waals surface area contributed by atoms with Crippen molar-refractivity contribution in [2.45, 2.75) is 26.5 Å². The highest BCUT2D eigenvalue weighted by Gasteiger charge is 2.15. The fourth-order valence-corrected chi connectivity index (χ4v) is 2.83. The van der Waals surface area contributed by atoms with E-state index in [1.165, 1.54) is 12.4 Å². The van der Waals surface area contributed by atoms with Crippen molar-refractivity contribution in [3.8, 4) is 17.2 Å². The Morgan fingerprint density at radius 1 is 1.32 bits per heavy atom. The summed E-state index contributed by atoms with van der Waals surface area (Å²) in [5, 5.41) is 20.0. The van der Waals surface area contributed by atoms with Crippen LogP contribution in [0.25, 0.3) is 0 Å². The monoisotopic (exact) mass is 362 g/mol. The zero-order chi connectivity index (χ0) is 17.8. The Balaban J connectivity index is 1.83. The summed E-state index contributed by atoms with van der Waals surface area (Å²) in [5.74, 6) is 1.21. The lowest BCUT2D eigenvalue weighted by Gasteiger charge is -2.11. The van der Waals surface area contributed by atoms with Crippen LogP contribution in [-0.2, 0) is 13.2 Å². The highest BCUT2D eigenvalue weighted by molar-refractivity contribution is 6.32. The summed E-state index contributed by atoms with van der Waals surface area (Å²) in [5.41, 5.74) is 2.33. The van der Waals surface area contributed by atoms with Crippen LogP contribution < -0.4 is 9.47 Å². The summed E-state index contributed by atoms with van der Waals surface area (Å²) in [4.78, 5) is 8.38. The van der Waals surface area contributed by atoms with Crippen LogP contribution in [0.5, 0.6) is 17.2 Å². The van der Waals surface area contributed by atoms with Crippen molar-refractivity contribution >= 4 is 17.8 Å². The molecule has 2 N–H and O–H groups in total. The predicted molar refractivity (Wildman–Crippen MR) is 94.9 cm³/mol. The number of nitrogens with zero attached hydrogens (tertiary/aromatic N) is 2. The zero-order valence-corrected chi connectivity index (χ0v) is 14.6. The van der Waals surface area contributed by atoms with Crippen LogP contribution in [-0.4, -0.2) is 34.6 Å². The molecular weight excluding hydrogens is 344 g/mol. The summed E-state index contributed by atoms with van der Waals surface area (Å²) >= 11 is 6.27. The van der Waals surface area contributed by atoms with Crippen molar-refractivity contribution in [1.82, 2.24) is 4.98 Å². The lowest BCUT2D eigenvalue weighted by molar-refractivity contribution is 0.280. The number of aryl methyl sites for hydroxylation is 1. The number of aliphatic imine (C=N–C) groups is 1. The number of halogens is 1. The Kier molecular flexibility index (Phi) is 5.40. The van der Waals surface area contributed by atoms with Crippen LogP contribution in [0.4, 0.5) is 0 Å². The van der Waals surface area contributed by atoms with Gasteiger partial charge >= 0.3 is 0 Å². The number of hydrogen-bond acceptors (Lipinski definition) is 6. The van der Waals surface area contributed by atoms with Gasteiger partial charge in [0.15, 0.2) is 11.5 Å². The maximum atomic E-state index is 10.1. The standard InChI is InChI=1S/C18H19ClN2O4/c1-11-17(23)14(13(10-22)8-21-11)9-20-7-12-5-15(19)18-16(6-12)24-3-2-4-25-18/h5-6,8-9,22-23H,2-4,7,10H2,1H3. The van der Waals surface area contributed by atoms with Crippen LogP contribution in [0, 0.1) is 6.92 Å². The lowest BCUT2D eigenvalue weighted by atomic mass is 10.1. The molecule has 1 aromatic carbocycles. The van der Waals surface area contributed by atoms with Gasteiger partial charge in [0.2, 0.25) is 0 Å². The van der Waals surface area contributed by atoms with E-state index in [0.29, 0.717) is 53.1 Å². The third kappa shape index (κ3) is 3.86. The minimum atomic E-state index is -0.224. The average Bonchev–Trinajstić information content (AvgIpc) is 2.84. The van der Waals surface area contributed by atoms with E-state index in [2.05, 4.69) is 9.98 Å². The molecule has 0 spiro atoms. The van der Waals surface area contributed by atoms with E-state index >= 15 is 0 Å². The summed E-state index contributed by atoms with van der Waals surface area (Å²) in [6, 6.07) is 3.64. The second-order valence-corrected chi connectivity index (χ2v) is 6.12. The number of aromatic hydroxyl groups is 1. The van der Waals surface area contributed by atoms with E-state index in [1.807, 2.05) is 6.07 Å². The van der Waals surface area contributed by atoms with E-state index in [-0.39, 0.29) is 12.4 Å². The van der Waals surface area contributed by atoms with Gasteiger partial charge in [-0.1, -0.05) is 11.6 Å². The molecule has 2 aromatic rings. The summed E-state index contributed by atoms with van der Waals surface area (Å²) in [7, 11) is 0. The molecule has 132 valence electrons. The van der Waals surface area contributed by atoms with Gasteiger partial charge in [-0.25, -0.2) is 0 Å². The fraction of sp³-hybridized carbons (Fsp3) is 0.333. The highest BCUT2D eigenvalue weighted by atomic mass is 35.5. The molecule has 25 heavy (non-hydrogen) atoms. The maximum absolute atomic E-state index is 10.1. The van der Waals surface area contributed by atoms with Gasteiger partial charge in [-0.3, -0.25) is 9.98 Å². The molecule has 0 fully saturated rings. The molecule has 0 saturated carbocycles. The van der Waals surface area contributed by atoms with E-state index in [4.69, 9.17) is 21.1 Å². The van der Waals surface area contributed by atoms with E-state index < -0.39 is 0 Å². The number of aromatic nitrogens is 1. The molecule has 0 atom stereocenters. The first-order valence-electron chi connectivity index (χ1n) is 7.96. The molecule has 0 aliphatic carbocycles. The number of ether oxygens (including phenoxy) is 2. The number of benzene rings is 1. The Morgan fingerprint density at radius 3 is 2.92 bits per heavy atom. The number of hydrogen-bond donors (Lipinski definition) is 2. The smallest absolute Gasteiger partial charge is 0.179 e. The molecule has 0 bridgehead atoms. The summed E-state index contributed by atoms with van der Waals surface area (Å²) in [6.07, 6.45) is 3.87. The van der Waals surface area contributed by atoms with Gasteiger partial charge in [-0.05, 0) is 24.6 Å². The SMILES string of the molecule is Cc1ncc(CO)c(C=NCc2cc(Cl)c3c(c2)OCCCO3)c1O. The molecule has 0 radical (unpaired) electrons. The zero-order valence-electron chi connectivity index (χ0n) is 13.8. The van der Waals surface area contributed by atoms with Crippen molar-refractivity contribution in [3.05, 3.63) is 45.7 Å². The molecular formula is C18H19ClN2O4. The van der Waals surface area contributed by atoms with Gasteiger partial charge in [0.25, 0.3) is 0 Å². The molecule has 7 heteroatoms. The predicted octanol–water partition coefficient (Wildman–Crippen LogP) is 3.02. The molecule has 2 heterocycles. The maximum Gasteiger partial charge on any atom is 0.179 e.